The maximum Gasteiger partial charge on any atom is 0.251 e. The van der Waals surface area contributed by atoms with Crippen molar-refractivity contribution >= 4 is 16.8 Å². The summed E-state index contributed by atoms with van der Waals surface area (Å²) in [4.78, 5) is 16.7. The molecule has 1 N–H and O–H groups in total. The van der Waals surface area contributed by atoms with Crippen LogP contribution in [-0.4, -0.2) is 24.0 Å². The van der Waals surface area contributed by atoms with E-state index < -0.39 is 0 Å². The van der Waals surface area contributed by atoms with E-state index in [0.29, 0.717) is 18.7 Å². The molecule has 3 aromatic rings. The minimum absolute atomic E-state index is 0.0565. The van der Waals surface area contributed by atoms with Gasteiger partial charge in [-0.25, -0.2) is 0 Å². The van der Waals surface area contributed by atoms with Crippen LogP contribution in [0.4, 0.5) is 0 Å². The van der Waals surface area contributed by atoms with Gasteiger partial charge in [-0.15, -0.1) is 0 Å². The first-order chi connectivity index (χ1) is 12.3. The fraction of sp³-hybridized carbons (Fsp3) is 0.238. The number of benzene rings is 2. The normalized spacial score (nSPS) is 12.0. The van der Waals surface area contributed by atoms with Gasteiger partial charge in [0.1, 0.15) is 0 Å². The van der Waals surface area contributed by atoms with Gasteiger partial charge in [0.25, 0.3) is 5.91 Å². The molecule has 1 atom stereocenters. The zero-order valence-electron chi connectivity index (χ0n) is 14.3. The van der Waals surface area contributed by atoms with Crippen molar-refractivity contribution in [2.24, 2.45) is 0 Å². The fourth-order valence-corrected chi connectivity index (χ4v) is 2.75. The van der Waals surface area contributed by atoms with Gasteiger partial charge in [-0.05, 0) is 37.1 Å². The van der Waals surface area contributed by atoms with Gasteiger partial charge in [-0.1, -0.05) is 42.5 Å². The molecular formula is C21H22N2O2. The summed E-state index contributed by atoms with van der Waals surface area (Å²) >= 11 is 0. The predicted molar refractivity (Wildman–Crippen MR) is 99.5 cm³/mol. The molecule has 0 unspecified atom stereocenters. The lowest BCUT2D eigenvalue weighted by molar-refractivity contribution is 0.0635. The molecule has 1 aromatic heterocycles. The minimum atomic E-state index is -0.0743. The summed E-state index contributed by atoms with van der Waals surface area (Å²) in [6, 6.07) is 19.5. The van der Waals surface area contributed by atoms with Crippen LogP contribution in [0.3, 0.4) is 0 Å². The molecule has 25 heavy (non-hydrogen) atoms. The Bertz CT molecular complexity index is 828. The predicted octanol–water partition coefficient (Wildman–Crippen LogP) is 4.13. The molecule has 0 aliphatic rings. The number of carbonyl (C=O) groups excluding carboxylic acids is 1. The maximum atomic E-state index is 12.4. The number of aromatic nitrogens is 1. The Morgan fingerprint density at radius 1 is 1.08 bits per heavy atom. The van der Waals surface area contributed by atoms with E-state index in [2.05, 4.69) is 22.4 Å². The van der Waals surface area contributed by atoms with Crippen molar-refractivity contribution in [3.05, 3.63) is 78.0 Å². The van der Waals surface area contributed by atoms with Gasteiger partial charge in [-0.2, -0.15) is 0 Å². The molecule has 0 fully saturated rings. The molecule has 4 heteroatoms. The van der Waals surface area contributed by atoms with E-state index in [1.165, 1.54) is 0 Å². The van der Waals surface area contributed by atoms with Gasteiger partial charge in [0.15, 0.2) is 0 Å². The number of amides is 1. The Labute approximate surface area is 147 Å². The standard InChI is InChI=1S/C21H22N2O2/c1-16(17-8-3-2-4-9-17)25-15-7-14-23-21(24)19-10-5-12-20-18(19)11-6-13-22-20/h2-6,8-13,16H,7,14-15H2,1H3,(H,23,24)/t16-/m0/s1. The SMILES string of the molecule is C[C@H](OCCCNC(=O)c1cccc2ncccc12)c1ccccc1. The van der Waals surface area contributed by atoms with Gasteiger partial charge in [0.2, 0.25) is 0 Å². The first-order valence-electron chi connectivity index (χ1n) is 8.54. The molecule has 1 amide bonds. The molecule has 0 aliphatic carbocycles. The molecular weight excluding hydrogens is 312 g/mol. The lowest BCUT2D eigenvalue weighted by atomic mass is 10.1. The van der Waals surface area contributed by atoms with Crippen LogP contribution in [0.2, 0.25) is 0 Å². The number of nitrogens with zero attached hydrogens (tertiary/aromatic N) is 1. The second-order valence-electron chi connectivity index (χ2n) is 5.91. The highest BCUT2D eigenvalue weighted by atomic mass is 16.5. The van der Waals surface area contributed by atoms with Crippen LogP contribution in [0, 0.1) is 0 Å². The van der Waals surface area contributed by atoms with E-state index in [1.54, 1.807) is 6.20 Å². The summed E-state index contributed by atoms with van der Waals surface area (Å²) in [5.74, 6) is -0.0743. The van der Waals surface area contributed by atoms with E-state index in [4.69, 9.17) is 4.74 Å². The smallest absolute Gasteiger partial charge is 0.251 e. The van der Waals surface area contributed by atoms with Crippen LogP contribution < -0.4 is 5.32 Å². The highest BCUT2D eigenvalue weighted by Crippen LogP contribution is 2.17. The van der Waals surface area contributed by atoms with Crippen LogP contribution in [0.15, 0.2) is 66.9 Å². The van der Waals surface area contributed by atoms with E-state index in [-0.39, 0.29) is 12.0 Å². The number of ether oxygens (including phenoxy) is 1. The van der Waals surface area contributed by atoms with Crippen LogP contribution in [0.25, 0.3) is 10.9 Å². The Kier molecular flexibility index (Phi) is 5.75. The third-order valence-electron chi connectivity index (χ3n) is 4.13. The van der Waals surface area contributed by atoms with Crippen LogP contribution in [0.1, 0.15) is 35.4 Å². The Hall–Kier alpha value is -2.72. The highest BCUT2D eigenvalue weighted by molar-refractivity contribution is 6.06. The fourth-order valence-electron chi connectivity index (χ4n) is 2.75. The van der Waals surface area contributed by atoms with E-state index >= 15 is 0 Å². The molecule has 0 spiro atoms. The summed E-state index contributed by atoms with van der Waals surface area (Å²) < 4.78 is 5.82. The largest absolute Gasteiger partial charge is 0.374 e. The van der Waals surface area contributed by atoms with Gasteiger partial charge in [0, 0.05) is 30.3 Å². The van der Waals surface area contributed by atoms with Gasteiger partial charge >= 0.3 is 0 Å². The zero-order chi connectivity index (χ0) is 17.5. The Morgan fingerprint density at radius 2 is 1.92 bits per heavy atom. The van der Waals surface area contributed by atoms with E-state index in [9.17, 15) is 4.79 Å². The molecule has 0 aliphatic heterocycles. The van der Waals surface area contributed by atoms with Crippen molar-refractivity contribution in [1.29, 1.82) is 0 Å². The quantitative estimate of drug-likeness (QED) is 0.661. The minimum Gasteiger partial charge on any atom is -0.374 e. The molecule has 0 bridgehead atoms. The number of pyridine rings is 1. The van der Waals surface area contributed by atoms with Crippen molar-refractivity contribution in [2.45, 2.75) is 19.4 Å². The van der Waals surface area contributed by atoms with Crippen LogP contribution in [-0.2, 0) is 4.74 Å². The van der Waals surface area contributed by atoms with E-state index in [0.717, 1.165) is 22.9 Å². The number of nitrogens with one attached hydrogen (secondary N) is 1. The molecule has 128 valence electrons. The summed E-state index contributed by atoms with van der Waals surface area (Å²) in [7, 11) is 0. The molecule has 2 aromatic carbocycles. The number of rotatable bonds is 7. The third kappa shape index (κ3) is 4.43. The van der Waals surface area contributed by atoms with Crippen molar-refractivity contribution in [3.8, 4) is 0 Å². The second kappa shape index (κ2) is 8.40. The average Bonchev–Trinajstić information content (AvgIpc) is 2.67. The lowest BCUT2D eigenvalue weighted by Crippen LogP contribution is -2.25. The average molecular weight is 334 g/mol. The first kappa shape index (κ1) is 17.1. The summed E-state index contributed by atoms with van der Waals surface area (Å²) in [6.07, 6.45) is 2.56. The maximum absolute atomic E-state index is 12.4. The topological polar surface area (TPSA) is 51.2 Å². The van der Waals surface area contributed by atoms with E-state index in [1.807, 2.05) is 55.5 Å². The highest BCUT2D eigenvalue weighted by Gasteiger charge is 2.09. The monoisotopic (exact) mass is 334 g/mol. The van der Waals surface area contributed by atoms with Gasteiger partial charge in [-0.3, -0.25) is 9.78 Å². The van der Waals surface area contributed by atoms with Crippen LogP contribution >= 0.6 is 0 Å². The molecule has 4 nitrogen and oxygen atoms in total. The van der Waals surface area contributed by atoms with Crippen LogP contribution in [0.5, 0.6) is 0 Å². The summed E-state index contributed by atoms with van der Waals surface area (Å²) in [5.41, 5.74) is 2.65. The Morgan fingerprint density at radius 3 is 2.76 bits per heavy atom. The lowest BCUT2D eigenvalue weighted by Gasteiger charge is -2.13. The van der Waals surface area contributed by atoms with Crippen molar-refractivity contribution in [2.75, 3.05) is 13.2 Å². The summed E-state index contributed by atoms with van der Waals surface area (Å²) in [5, 5.41) is 3.83. The van der Waals surface area contributed by atoms with Crippen molar-refractivity contribution in [3.63, 3.8) is 0 Å². The molecule has 0 radical (unpaired) electrons. The number of hydrogen-bond donors (Lipinski definition) is 1. The molecule has 0 saturated heterocycles. The Balaban J connectivity index is 1.47. The molecule has 3 rings (SSSR count). The van der Waals surface area contributed by atoms with Gasteiger partial charge < -0.3 is 10.1 Å². The zero-order valence-corrected chi connectivity index (χ0v) is 14.3. The van der Waals surface area contributed by atoms with Crippen molar-refractivity contribution < 1.29 is 9.53 Å². The van der Waals surface area contributed by atoms with Crippen molar-refractivity contribution in [1.82, 2.24) is 10.3 Å². The molecule has 1 heterocycles. The number of hydrogen-bond acceptors (Lipinski definition) is 3. The van der Waals surface area contributed by atoms with Gasteiger partial charge in [0.05, 0.1) is 11.6 Å². The number of fused-ring (bicyclic) bond motifs is 1. The third-order valence-corrected chi connectivity index (χ3v) is 4.13. The first-order valence-corrected chi connectivity index (χ1v) is 8.54. The second-order valence-corrected chi connectivity index (χ2v) is 5.91. The molecule has 0 saturated carbocycles. The summed E-state index contributed by atoms with van der Waals surface area (Å²) in [6.45, 7) is 3.22. The number of carbonyl (C=O) groups is 1.